The van der Waals surface area contributed by atoms with E-state index in [0.717, 1.165) is 6.42 Å². The Hall–Kier alpha value is -2.17. The molecule has 2 rings (SSSR count). The highest BCUT2D eigenvalue weighted by atomic mass is 16.2. The smallest absolute Gasteiger partial charge is 0.227 e. The SMILES string of the molecule is CCCC(=O)N1CCC(C(=O)Nc2cccc(C(C)=O)c2)CC1. The molecule has 0 bridgehead atoms. The molecule has 5 nitrogen and oxygen atoms in total. The fourth-order valence-corrected chi connectivity index (χ4v) is 2.82. The molecule has 23 heavy (non-hydrogen) atoms. The van der Waals surface area contributed by atoms with Crippen LogP contribution in [0.15, 0.2) is 24.3 Å². The van der Waals surface area contributed by atoms with E-state index in [0.29, 0.717) is 43.6 Å². The largest absolute Gasteiger partial charge is 0.343 e. The first kappa shape index (κ1) is 17.2. The molecule has 1 fully saturated rings. The van der Waals surface area contributed by atoms with Gasteiger partial charge in [-0.05, 0) is 38.3 Å². The first-order chi connectivity index (χ1) is 11.0. The van der Waals surface area contributed by atoms with Crippen LogP contribution in [0.5, 0.6) is 0 Å². The minimum Gasteiger partial charge on any atom is -0.343 e. The summed E-state index contributed by atoms with van der Waals surface area (Å²) in [5, 5.41) is 2.88. The molecule has 0 aliphatic carbocycles. The fourth-order valence-electron chi connectivity index (χ4n) is 2.82. The van der Waals surface area contributed by atoms with Crippen LogP contribution in [-0.4, -0.2) is 35.6 Å². The minimum atomic E-state index is -0.0818. The Labute approximate surface area is 137 Å². The van der Waals surface area contributed by atoms with Crippen LogP contribution in [0.1, 0.15) is 49.9 Å². The van der Waals surface area contributed by atoms with E-state index in [4.69, 9.17) is 0 Å². The number of anilines is 1. The van der Waals surface area contributed by atoms with Crippen molar-refractivity contribution < 1.29 is 14.4 Å². The number of rotatable bonds is 5. The van der Waals surface area contributed by atoms with Crippen molar-refractivity contribution in [3.05, 3.63) is 29.8 Å². The highest BCUT2D eigenvalue weighted by molar-refractivity contribution is 5.97. The molecule has 0 spiro atoms. The topological polar surface area (TPSA) is 66.5 Å². The van der Waals surface area contributed by atoms with Gasteiger partial charge in [0.05, 0.1) is 0 Å². The van der Waals surface area contributed by atoms with Crippen LogP contribution in [0.3, 0.4) is 0 Å². The standard InChI is InChI=1S/C18H24N2O3/c1-3-5-17(22)20-10-8-14(9-11-20)18(23)19-16-7-4-6-15(12-16)13(2)21/h4,6-7,12,14H,3,5,8-11H2,1-2H3,(H,19,23). The van der Waals surface area contributed by atoms with Gasteiger partial charge in [0.25, 0.3) is 0 Å². The van der Waals surface area contributed by atoms with Crippen molar-refractivity contribution in [3.63, 3.8) is 0 Å². The van der Waals surface area contributed by atoms with Gasteiger partial charge in [0.1, 0.15) is 0 Å². The van der Waals surface area contributed by atoms with E-state index in [1.165, 1.54) is 6.92 Å². The molecule has 1 N–H and O–H groups in total. The lowest BCUT2D eigenvalue weighted by Gasteiger charge is -2.31. The third-order valence-corrected chi connectivity index (χ3v) is 4.22. The fraction of sp³-hybridized carbons (Fsp3) is 0.500. The summed E-state index contributed by atoms with van der Waals surface area (Å²) < 4.78 is 0. The average molecular weight is 316 g/mol. The van der Waals surface area contributed by atoms with E-state index in [1.54, 1.807) is 24.3 Å². The van der Waals surface area contributed by atoms with Crippen LogP contribution in [0.25, 0.3) is 0 Å². The molecule has 1 aromatic carbocycles. The molecule has 1 aliphatic rings. The zero-order valence-corrected chi connectivity index (χ0v) is 13.8. The number of nitrogens with zero attached hydrogens (tertiary/aromatic N) is 1. The van der Waals surface area contributed by atoms with Crippen molar-refractivity contribution in [1.82, 2.24) is 4.90 Å². The highest BCUT2D eigenvalue weighted by Gasteiger charge is 2.27. The number of likely N-dealkylation sites (tertiary alicyclic amines) is 1. The van der Waals surface area contributed by atoms with Crippen molar-refractivity contribution in [2.75, 3.05) is 18.4 Å². The van der Waals surface area contributed by atoms with Crippen molar-refractivity contribution >= 4 is 23.3 Å². The number of hydrogen-bond donors (Lipinski definition) is 1. The lowest BCUT2D eigenvalue weighted by molar-refractivity contribution is -0.134. The Bertz CT molecular complexity index is 590. The van der Waals surface area contributed by atoms with Crippen LogP contribution >= 0.6 is 0 Å². The first-order valence-electron chi connectivity index (χ1n) is 8.21. The molecule has 1 heterocycles. The molecule has 0 saturated carbocycles. The van der Waals surface area contributed by atoms with Crippen LogP contribution in [-0.2, 0) is 9.59 Å². The molecule has 5 heteroatoms. The summed E-state index contributed by atoms with van der Waals surface area (Å²) in [5.74, 6) is 0.0410. The number of ketones is 1. The molecule has 1 saturated heterocycles. The normalized spacial score (nSPS) is 15.3. The highest BCUT2D eigenvalue weighted by Crippen LogP contribution is 2.21. The van der Waals surface area contributed by atoms with Crippen molar-refractivity contribution in [1.29, 1.82) is 0 Å². The minimum absolute atomic E-state index is 0.0242. The van der Waals surface area contributed by atoms with Gasteiger partial charge >= 0.3 is 0 Å². The number of Topliss-reactive ketones (excluding diaryl/α,β-unsaturated/α-hetero) is 1. The molecule has 124 valence electrons. The van der Waals surface area contributed by atoms with Gasteiger partial charge in [-0.1, -0.05) is 19.1 Å². The quantitative estimate of drug-likeness (QED) is 0.849. The maximum absolute atomic E-state index is 12.4. The Morgan fingerprint density at radius 2 is 1.91 bits per heavy atom. The maximum Gasteiger partial charge on any atom is 0.227 e. The zero-order chi connectivity index (χ0) is 16.8. The predicted octanol–water partition coefficient (Wildman–Crippen LogP) is 2.87. The van der Waals surface area contributed by atoms with Crippen LogP contribution in [0, 0.1) is 5.92 Å². The third-order valence-electron chi connectivity index (χ3n) is 4.22. The summed E-state index contributed by atoms with van der Waals surface area (Å²) in [4.78, 5) is 37.5. The number of carbonyl (C=O) groups excluding carboxylic acids is 3. The van der Waals surface area contributed by atoms with Gasteiger partial charge in [-0.25, -0.2) is 0 Å². The van der Waals surface area contributed by atoms with Gasteiger partial charge in [0, 0.05) is 36.7 Å². The molecular weight excluding hydrogens is 292 g/mol. The van der Waals surface area contributed by atoms with E-state index in [1.807, 2.05) is 11.8 Å². The summed E-state index contributed by atoms with van der Waals surface area (Å²) in [6.07, 6.45) is 2.81. The number of benzene rings is 1. The second-order valence-corrected chi connectivity index (χ2v) is 6.03. The van der Waals surface area contributed by atoms with Crippen LogP contribution in [0.2, 0.25) is 0 Å². The molecule has 0 atom stereocenters. The van der Waals surface area contributed by atoms with E-state index >= 15 is 0 Å². The van der Waals surface area contributed by atoms with Crippen LogP contribution < -0.4 is 5.32 Å². The number of piperidine rings is 1. The maximum atomic E-state index is 12.4. The van der Waals surface area contributed by atoms with Crippen molar-refractivity contribution in [3.8, 4) is 0 Å². The van der Waals surface area contributed by atoms with Crippen LogP contribution in [0.4, 0.5) is 5.69 Å². The molecule has 1 aliphatic heterocycles. The van der Waals surface area contributed by atoms with Crippen molar-refractivity contribution in [2.24, 2.45) is 5.92 Å². The Balaban J connectivity index is 1.89. The van der Waals surface area contributed by atoms with Gasteiger partial charge in [0.15, 0.2) is 5.78 Å². The van der Waals surface area contributed by atoms with Gasteiger partial charge in [-0.15, -0.1) is 0 Å². The van der Waals surface area contributed by atoms with Gasteiger partial charge in [-0.2, -0.15) is 0 Å². The van der Waals surface area contributed by atoms with Gasteiger partial charge in [-0.3, -0.25) is 14.4 Å². The number of hydrogen-bond acceptors (Lipinski definition) is 3. The number of nitrogens with one attached hydrogen (secondary N) is 1. The van der Waals surface area contributed by atoms with E-state index in [2.05, 4.69) is 5.32 Å². The average Bonchev–Trinajstić information content (AvgIpc) is 2.55. The Morgan fingerprint density at radius 1 is 1.22 bits per heavy atom. The van der Waals surface area contributed by atoms with E-state index < -0.39 is 0 Å². The third kappa shape index (κ3) is 4.65. The van der Waals surface area contributed by atoms with Gasteiger partial charge < -0.3 is 10.2 Å². The first-order valence-corrected chi connectivity index (χ1v) is 8.21. The summed E-state index contributed by atoms with van der Waals surface area (Å²) in [6.45, 7) is 4.78. The summed E-state index contributed by atoms with van der Waals surface area (Å²) in [5.41, 5.74) is 1.23. The second-order valence-electron chi connectivity index (χ2n) is 6.03. The Morgan fingerprint density at radius 3 is 2.52 bits per heavy atom. The molecular formula is C18H24N2O3. The van der Waals surface area contributed by atoms with E-state index in [-0.39, 0.29) is 23.5 Å². The predicted molar refractivity (Wildman–Crippen MR) is 89.3 cm³/mol. The second kappa shape index (κ2) is 7.90. The monoisotopic (exact) mass is 316 g/mol. The molecule has 1 aromatic rings. The van der Waals surface area contributed by atoms with Gasteiger partial charge in [0.2, 0.25) is 11.8 Å². The molecule has 2 amide bonds. The summed E-state index contributed by atoms with van der Waals surface area (Å²) in [6, 6.07) is 6.97. The number of carbonyl (C=O) groups is 3. The molecule has 0 unspecified atom stereocenters. The lowest BCUT2D eigenvalue weighted by Crippen LogP contribution is -2.41. The van der Waals surface area contributed by atoms with Crippen molar-refractivity contribution in [2.45, 2.75) is 39.5 Å². The summed E-state index contributed by atoms with van der Waals surface area (Å²) in [7, 11) is 0. The zero-order valence-electron chi connectivity index (χ0n) is 13.8. The Kier molecular flexibility index (Phi) is 5.90. The lowest BCUT2D eigenvalue weighted by atomic mass is 9.95. The summed E-state index contributed by atoms with van der Waals surface area (Å²) >= 11 is 0. The number of amides is 2. The van der Waals surface area contributed by atoms with E-state index in [9.17, 15) is 14.4 Å². The molecule has 0 aromatic heterocycles. The molecule has 0 radical (unpaired) electrons.